The van der Waals surface area contributed by atoms with Crippen molar-refractivity contribution in [2.24, 2.45) is 23.7 Å². The number of hydrogen-bond donors (Lipinski definition) is 0. The Morgan fingerprint density at radius 1 is 1.08 bits per heavy atom. The number of rotatable bonds is 15. The lowest BCUT2D eigenvalue weighted by molar-refractivity contribution is -0.117. The Hall–Kier alpha value is -1.53. The molecule has 1 heterocycles. The van der Waals surface area contributed by atoms with Gasteiger partial charge >= 0.3 is 0 Å². The van der Waals surface area contributed by atoms with E-state index in [-0.39, 0.29) is 5.82 Å². The summed E-state index contributed by atoms with van der Waals surface area (Å²) in [6.07, 6.45) is 14.9. The summed E-state index contributed by atoms with van der Waals surface area (Å²) in [5.41, 5.74) is 0.865. The number of aromatic nitrogens is 1. The van der Waals surface area contributed by atoms with E-state index in [1.54, 1.807) is 30.4 Å². The van der Waals surface area contributed by atoms with Gasteiger partial charge < -0.3 is 14.3 Å². The van der Waals surface area contributed by atoms with Crippen LogP contribution in [-0.4, -0.2) is 30.1 Å². The maximum atomic E-state index is 14.4. The normalized spacial score (nSPS) is 22.1. The van der Waals surface area contributed by atoms with Crippen LogP contribution in [0.5, 0.6) is 5.75 Å². The Kier molecular flexibility index (Phi) is 10.8. The Labute approximate surface area is 226 Å². The van der Waals surface area contributed by atoms with Gasteiger partial charge in [0.25, 0.3) is 0 Å². The number of halogens is 1. The van der Waals surface area contributed by atoms with E-state index in [2.05, 4.69) is 13.8 Å². The zero-order chi connectivity index (χ0) is 26.2. The largest absolute Gasteiger partial charge is 0.490 e. The van der Waals surface area contributed by atoms with E-state index in [0.717, 1.165) is 66.3 Å². The minimum atomic E-state index is -0.269. The molecule has 0 bridgehead atoms. The third kappa shape index (κ3) is 9.31. The highest BCUT2D eigenvalue weighted by Crippen LogP contribution is 2.34. The fourth-order valence-corrected chi connectivity index (χ4v) is 6.47. The second-order valence-electron chi connectivity index (χ2n) is 11.9. The molecule has 1 aromatic carbocycles. The van der Waals surface area contributed by atoms with Crippen LogP contribution in [0.4, 0.5) is 4.39 Å². The molecule has 1 aromatic heterocycles. The number of benzene rings is 1. The van der Waals surface area contributed by atoms with Crippen LogP contribution in [0.25, 0.3) is 10.2 Å². The summed E-state index contributed by atoms with van der Waals surface area (Å²) in [6.45, 7) is 7.78. The molecule has 0 saturated heterocycles. The standard InChI is InChI=1S/C31H46FNO3S/c1-21(6-4-7-23(3)34)22(2)16-17-35-26-9-5-8-24(12-14-26)13-15-31-33-28-19-29(36-20-25-10-11-25)27(32)18-30(28)37-31/h18-19,21-22,24-26H,4-17,20H2,1-3H3. The van der Waals surface area contributed by atoms with Crippen LogP contribution < -0.4 is 4.74 Å². The third-order valence-electron chi connectivity index (χ3n) is 8.55. The number of carbonyl (C=O) groups excluding carboxylic acids is 1. The van der Waals surface area contributed by atoms with Gasteiger partial charge in [0, 0.05) is 19.1 Å². The van der Waals surface area contributed by atoms with Crippen molar-refractivity contribution < 1.29 is 18.7 Å². The minimum Gasteiger partial charge on any atom is -0.490 e. The van der Waals surface area contributed by atoms with Crippen molar-refractivity contribution in [1.29, 1.82) is 0 Å². The van der Waals surface area contributed by atoms with Crippen LogP contribution in [0.2, 0.25) is 0 Å². The number of ether oxygens (including phenoxy) is 2. The molecule has 2 aromatic rings. The average molecular weight is 532 g/mol. The van der Waals surface area contributed by atoms with E-state index >= 15 is 0 Å². The van der Waals surface area contributed by atoms with Crippen molar-refractivity contribution in [3.8, 4) is 5.75 Å². The average Bonchev–Trinajstić information content (AvgIpc) is 3.65. The Morgan fingerprint density at radius 3 is 2.65 bits per heavy atom. The van der Waals surface area contributed by atoms with E-state index in [1.807, 2.05) is 0 Å². The second kappa shape index (κ2) is 14.0. The molecule has 0 aliphatic heterocycles. The van der Waals surface area contributed by atoms with Gasteiger partial charge in [0.15, 0.2) is 11.6 Å². The van der Waals surface area contributed by atoms with Crippen LogP contribution in [-0.2, 0) is 16.0 Å². The van der Waals surface area contributed by atoms with Crippen molar-refractivity contribution in [2.75, 3.05) is 13.2 Å². The summed E-state index contributed by atoms with van der Waals surface area (Å²) in [7, 11) is 0. The molecule has 2 aliphatic carbocycles. The number of aryl methyl sites for hydroxylation is 1. The van der Waals surface area contributed by atoms with Crippen molar-refractivity contribution in [3.63, 3.8) is 0 Å². The molecule has 6 heteroatoms. The third-order valence-corrected chi connectivity index (χ3v) is 9.62. The molecule has 4 rings (SSSR count). The van der Waals surface area contributed by atoms with E-state index in [4.69, 9.17) is 14.5 Å². The second-order valence-corrected chi connectivity index (χ2v) is 13.0. The highest BCUT2D eigenvalue weighted by atomic mass is 32.1. The lowest BCUT2D eigenvalue weighted by Gasteiger charge is -2.22. The van der Waals surface area contributed by atoms with Gasteiger partial charge in [-0.05, 0) is 94.4 Å². The van der Waals surface area contributed by atoms with Crippen molar-refractivity contribution >= 4 is 27.3 Å². The maximum Gasteiger partial charge on any atom is 0.166 e. The van der Waals surface area contributed by atoms with E-state index in [0.29, 0.717) is 48.4 Å². The number of thiazole rings is 1. The quantitative estimate of drug-likeness (QED) is 0.216. The molecule has 2 saturated carbocycles. The van der Waals surface area contributed by atoms with Crippen molar-refractivity contribution in [1.82, 2.24) is 4.98 Å². The number of nitrogens with zero attached hydrogens (tertiary/aromatic N) is 1. The molecule has 206 valence electrons. The fourth-order valence-electron chi connectivity index (χ4n) is 5.48. The zero-order valence-electron chi connectivity index (χ0n) is 23.1. The van der Waals surface area contributed by atoms with Crippen LogP contribution >= 0.6 is 11.3 Å². The molecular weight excluding hydrogens is 485 g/mol. The molecule has 2 fully saturated rings. The van der Waals surface area contributed by atoms with Gasteiger partial charge in [0.2, 0.25) is 0 Å². The molecule has 37 heavy (non-hydrogen) atoms. The summed E-state index contributed by atoms with van der Waals surface area (Å²) in [4.78, 5) is 16.0. The van der Waals surface area contributed by atoms with Crippen LogP contribution in [0.15, 0.2) is 12.1 Å². The van der Waals surface area contributed by atoms with Crippen LogP contribution in [0.3, 0.4) is 0 Å². The van der Waals surface area contributed by atoms with Gasteiger partial charge in [0.1, 0.15) is 5.78 Å². The maximum absolute atomic E-state index is 14.4. The molecule has 4 unspecified atom stereocenters. The van der Waals surface area contributed by atoms with Crippen molar-refractivity contribution in [3.05, 3.63) is 23.0 Å². The van der Waals surface area contributed by atoms with Gasteiger partial charge in [-0.15, -0.1) is 11.3 Å². The SMILES string of the molecule is CC(=O)CCCC(C)C(C)CCOC1CCCC(CCc2nc3cc(OCC4CC4)c(F)cc3s2)CC1. The number of hydrogen-bond acceptors (Lipinski definition) is 5. The predicted octanol–water partition coefficient (Wildman–Crippen LogP) is 8.54. The van der Waals surface area contributed by atoms with Crippen LogP contribution in [0, 0.1) is 29.5 Å². The molecule has 4 atom stereocenters. The Balaban J connectivity index is 1.16. The summed E-state index contributed by atoms with van der Waals surface area (Å²) in [5.74, 6) is 2.98. The van der Waals surface area contributed by atoms with E-state index in [9.17, 15) is 9.18 Å². The van der Waals surface area contributed by atoms with E-state index < -0.39 is 0 Å². The van der Waals surface area contributed by atoms with Crippen LogP contribution in [0.1, 0.15) is 103 Å². The summed E-state index contributed by atoms with van der Waals surface area (Å²) >= 11 is 1.63. The van der Waals surface area contributed by atoms with Gasteiger partial charge in [-0.1, -0.05) is 33.1 Å². The molecular formula is C31H46FNO3S. The first-order valence-electron chi connectivity index (χ1n) is 14.7. The van der Waals surface area contributed by atoms with Gasteiger partial charge in [-0.25, -0.2) is 9.37 Å². The number of Topliss-reactive ketones (excluding diaryl/α,β-unsaturated/α-hetero) is 1. The molecule has 0 spiro atoms. The topological polar surface area (TPSA) is 48.4 Å². The first kappa shape index (κ1) is 28.5. The first-order valence-corrected chi connectivity index (χ1v) is 15.5. The lowest BCUT2D eigenvalue weighted by atomic mass is 9.88. The number of ketones is 1. The number of carbonyl (C=O) groups is 1. The predicted molar refractivity (Wildman–Crippen MR) is 150 cm³/mol. The monoisotopic (exact) mass is 531 g/mol. The summed E-state index contributed by atoms with van der Waals surface area (Å²) < 4.78 is 27.4. The molecule has 2 aliphatic rings. The zero-order valence-corrected chi connectivity index (χ0v) is 23.9. The number of fused-ring (bicyclic) bond motifs is 1. The first-order chi connectivity index (χ1) is 17.9. The Bertz CT molecular complexity index is 1000. The highest BCUT2D eigenvalue weighted by molar-refractivity contribution is 7.18. The van der Waals surface area contributed by atoms with Gasteiger partial charge in [-0.3, -0.25) is 0 Å². The molecule has 4 nitrogen and oxygen atoms in total. The fraction of sp³-hybridized carbons (Fsp3) is 0.742. The smallest absolute Gasteiger partial charge is 0.166 e. The lowest BCUT2D eigenvalue weighted by Crippen LogP contribution is -2.17. The van der Waals surface area contributed by atoms with Gasteiger partial charge in [0.05, 0.1) is 27.9 Å². The summed E-state index contributed by atoms with van der Waals surface area (Å²) in [5, 5.41) is 1.11. The highest BCUT2D eigenvalue weighted by Gasteiger charge is 2.23. The Morgan fingerprint density at radius 2 is 1.86 bits per heavy atom. The van der Waals surface area contributed by atoms with Gasteiger partial charge in [-0.2, -0.15) is 0 Å². The van der Waals surface area contributed by atoms with E-state index in [1.165, 1.54) is 38.5 Å². The molecule has 0 radical (unpaired) electrons. The molecule has 0 N–H and O–H groups in total. The minimum absolute atomic E-state index is 0.269. The summed E-state index contributed by atoms with van der Waals surface area (Å²) in [6, 6.07) is 3.38. The molecule has 0 amide bonds. The van der Waals surface area contributed by atoms with Crippen molar-refractivity contribution in [2.45, 2.75) is 110 Å².